The van der Waals surface area contributed by atoms with Crippen LogP contribution < -0.4 is 4.74 Å². The molecule has 0 bridgehead atoms. The molecule has 28 heavy (non-hydrogen) atoms. The molecule has 0 saturated carbocycles. The van der Waals surface area contributed by atoms with E-state index >= 15 is 0 Å². The van der Waals surface area contributed by atoms with Crippen molar-refractivity contribution in [1.82, 2.24) is 19.6 Å². The van der Waals surface area contributed by atoms with Crippen LogP contribution in [0, 0.1) is 0 Å². The summed E-state index contributed by atoms with van der Waals surface area (Å²) in [6.07, 6.45) is 3.26. The third-order valence-electron chi connectivity index (χ3n) is 4.47. The number of hydrogen-bond donors (Lipinski definition) is 0. The molecular weight excluding hydrogens is 352 g/mol. The van der Waals surface area contributed by atoms with Gasteiger partial charge in [-0.25, -0.2) is 4.79 Å². The van der Waals surface area contributed by atoms with E-state index in [4.69, 9.17) is 4.74 Å². The van der Waals surface area contributed by atoms with Crippen molar-refractivity contribution in [3.8, 4) is 5.75 Å². The zero-order chi connectivity index (χ0) is 19.8. The zero-order valence-electron chi connectivity index (χ0n) is 16.4. The summed E-state index contributed by atoms with van der Waals surface area (Å²) in [5.74, 6) is 0.861. The van der Waals surface area contributed by atoms with Crippen LogP contribution in [0.5, 0.6) is 5.75 Å². The minimum atomic E-state index is -0.127. The summed E-state index contributed by atoms with van der Waals surface area (Å²) >= 11 is 0. The van der Waals surface area contributed by atoms with Gasteiger partial charge in [-0.1, -0.05) is 42.5 Å². The normalized spacial score (nSPS) is 10.8. The SMILES string of the molecule is CN(CCN(C)C(=O)n1cccn1)Cc1ccc(OCc2ccccc2)cc1. The highest BCUT2D eigenvalue weighted by Gasteiger charge is 2.11. The lowest BCUT2D eigenvalue weighted by molar-refractivity contribution is 0.198. The molecule has 3 aromatic rings. The number of rotatable bonds is 8. The second kappa shape index (κ2) is 9.71. The van der Waals surface area contributed by atoms with Crippen molar-refractivity contribution in [2.24, 2.45) is 0 Å². The van der Waals surface area contributed by atoms with Gasteiger partial charge in [0.1, 0.15) is 12.4 Å². The second-order valence-electron chi connectivity index (χ2n) is 6.81. The van der Waals surface area contributed by atoms with Gasteiger partial charge in [-0.05, 0) is 36.4 Å². The number of amides is 1. The summed E-state index contributed by atoms with van der Waals surface area (Å²) < 4.78 is 7.17. The summed E-state index contributed by atoms with van der Waals surface area (Å²) in [5.41, 5.74) is 2.36. The van der Waals surface area contributed by atoms with Crippen LogP contribution in [0.1, 0.15) is 11.1 Å². The van der Waals surface area contributed by atoms with Gasteiger partial charge in [0.05, 0.1) is 0 Å². The highest BCUT2D eigenvalue weighted by Crippen LogP contribution is 2.15. The van der Waals surface area contributed by atoms with E-state index in [2.05, 4.69) is 34.3 Å². The molecule has 2 aromatic carbocycles. The van der Waals surface area contributed by atoms with E-state index in [9.17, 15) is 4.79 Å². The van der Waals surface area contributed by atoms with Gasteiger partial charge < -0.3 is 14.5 Å². The molecule has 0 aliphatic carbocycles. The van der Waals surface area contributed by atoms with Crippen molar-refractivity contribution in [3.05, 3.63) is 84.2 Å². The number of ether oxygens (including phenoxy) is 1. The molecule has 0 spiro atoms. The third kappa shape index (κ3) is 5.69. The standard InChI is InChI=1S/C22H26N4O2/c1-24(15-16-25(2)22(27)26-14-6-13-23-26)17-19-9-11-21(12-10-19)28-18-20-7-4-3-5-8-20/h3-14H,15-18H2,1-2H3. The Kier molecular flexibility index (Phi) is 6.81. The van der Waals surface area contributed by atoms with E-state index < -0.39 is 0 Å². The predicted molar refractivity (Wildman–Crippen MR) is 109 cm³/mol. The van der Waals surface area contributed by atoms with Crippen LogP contribution in [0.4, 0.5) is 4.79 Å². The minimum absolute atomic E-state index is 0.127. The van der Waals surface area contributed by atoms with Gasteiger partial charge in [0.25, 0.3) is 0 Å². The predicted octanol–water partition coefficient (Wildman–Crippen LogP) is 3.49. The Bertz CT molecular complexity index is 848. The summed E-state index contributed by atoms with van der Waals surface area (Å²) in [6, 6.07) is 19.9. The number of carbonyl (C=O) groups is 1. The number of benzene rings is 2. The Morgan fingerprint density at radius 2 is 1.71 bits per heavy atom. The van der Waals surface area contributed by atoms with Crippen molar-refractivity contribution >= 4 is 6.03 Å². The first kappa shape index (κ1) is 19.6. The lowest BCUT2D eigenvalue weighted by Gasteiger charge is -2.22. The molecular formula is C22H26N4O2. The van der Waals surface area contributed by atoms with Crippen LogP contribution in [0.2, 0.25) is 0 Å². The summed E-state index contributed by atoms with van der Waals surface area (Å²) in [4.78, 5) is 16.0. The Morgan fingerprint density at radius 3 is 2.39 bits per heavy atom. The maximum absolute atomic E-state index is 12.2. The molecule has 0 N–H and O–H groups in total. The molecule has 6 nitrogen and oxygen atoms in total. The van der Waals surface area contributed by atoms with Gasteiger partial charge in [0.15, 0.2) is 0 Å². The van der Waals surface area contributed by atoms with Crippen LogP contribution in [0.15, 0.2) is 73.1 Å². The van der Waals surface area contributed by atoms with E-state index in [0.29, 0.717) is 13.2 Å². The quantitative estimate of drug-likeness (QED) is 0.602. The number of hydrogen-bond acceptors (Lipinski definition) is 4. The average molecular weight is 378 g/mol. The molecule has 1 aromatic heterocycles. The van der Waals surface area contributed by atoms with Crippen LogP contribution >= 0.6 is 0 Å². The molecule has 0 aliphatic heterocycles. The Labute approximate surface area is 166 Å². The van der Waals surface area contributed by atoms with Crippen LogP contribution in [-0.4, -0.2) is 52.8 Å². The maximum atomic E-state index is 12.2. The first-order chi connectivity index (χ1) is 13.6. The largest absolute Gasteiger partial charge is 0.489 e. The van der Waals surface area contributed by atoms with Crippen LogP contribution in [0.3, 0.4) is 0 Å². The lowest BCUT2D eigenvalue weighted by Crippen LogP contribution is -2.37. The van der Waals surface area contributed by atoms with Crippen molar-refractivity contribution < 1.29 is 9.53 Å². The van der Waals surface area contributed by atoms with Crippen LogP contribution in [-0.2, 0) is 13.2 Å². The molecule has 0 saturated heterocycles. The van der Waals surface area contributed by atoms with Gasteiger partial charge in [-0.2, -0.15) is 9.78 Å². The Balaban J connectivity index is 1.42. The van der Waals surface area contributed by atoms with Gasteiger partial charge in [-0.3, -0.25) is 0 Å². The minimum Gasteiger partial charge on any atom is -0.489 e. The van der Waals surface area contributed by atoms with Crippen molar-refractivity contribution in [1.29, 1.82) is 0 Å². The monoisotopic (exact) mass is 378 g/mol. The topological polar surface area (TPSA) is 50.6 Å². The first-order valence-corrected chi connectivity index (χ1v) is 9.31. The molecule has 0 unspecified atom stereocenters. The molecule has 0 fully saturated rings. The summed E-state index contributed by atoms with van der Waals surface area (Å²) in [7, 11) is 3.84. The second-order valence-corrected chi connectivity index (χ2v) is 6.81. The van der Waals surface area contributed by atoms with Crippen LogP contribution in [0.25, 0.3) is 0 Å². The van der Waals surface area contributed by atoms with E-state index in [1.165, 1.54) is 10.2 Å². The third-order valence-corrected chi connectivity index (χ3v) is 4.47. The molecule has 146 valence electrons. The van der Waals surface area contributed by atoms with E-state index in [0.717, 1.165) is 24.4 Å². The fourth-order valence-corrected chi connectivity index (χ4v) is 2.80. The number of nitrogens with zero attached hydrogens (tertiary/aromatic N) is 4. The Hall–Kier alpha value is -3.12. The Morgan fingerprint density at radius 1 is 0.964 bits per heavy atom. The summed E-state index contributed by atoms with van der Waals surface area (Å²) in [5, 5.41) is 3.97. The number of likely N-dealkylation sites (N-methyl/N-ethyl adjacent to an activating group) is 2. The zero-order valence-corrected chi connectivity index (χ0v) is 16.4. The van der Waals surface area contributed by atoms with Gasteiger partial charge >= 0.3 is 6.03 Å². The van der Waals surface area contributed by atoms with E-state index in [1.54, 1.807) is 30.4 Å². The number of aromatic nitrogens is 2. The molecule has 0 radical (unpaired) electrons. The lowest BCUT2D eigenvalue weighted by atomic mass is 10.2. The van der Waals surface area contributed by atoms with Crippen molar-refractivity contribution in [2.75, 3.05) is 27.2 Å². The fraction of sp³-hybridized carbons (Fsp3) is 0.273. The van der Waals surface area contributed by atoms with Gasteiger partial charge in [-0.15, -0.1) is 0 Å². The van der Waals surface area contributed by atoms with Gasteiger partial charge in [0.2, 0.25) is 0 Å². The maximum Gasteiger partial charge on any atom is 0.344 e. The average Bonchev–Trinajstić information content (AvgIpc) is 3.26. The van der Waals surface area contributed by atoms with E-state index in [-0.39, 0.29) is 6.03 Å². The van der Waals surface area contributed by atoms with Gasteiger partial charge in [0, 0.05) is 39.1 Å². The first-order valence-electron chi connectivity index (χ1n) is 9.31. The molecule has 1 heterocycles. The number of carbonyl (C=O) groups excluding carboxylic acids is 1. The summed E-state index contributed by atoms with van der Waals surface area (Å²) in [6.45, 7) is 2.78. The van der Waals surface area contributed by atoms with Crippen molar-refractivity contribution in [2.45, 2.75) is 13.2 Å². The molecule has 0 atom stereocenters. The highest BCUT2D eigenvalue weighted by atomic mass is 16.5. The molecule has 6 heteroatoms. The fourth-order valence-electron chi connectivity index (χ4n) is 2.80. The smallest absolute Gasteiger partial charge is 0.344 e. The van der Waals surface area contributed by atoms with E-state index in [1.807, 2.05) is 37.4 Å². The highest BCUT2D eigenvalue weighted by molar-refractivity contribution is 5.75. The molecule has 1 amide bonds. The van der Waals surface area contributed by atoms with Crippen molar-refractivity contribution in [3.63, 3.8) is 0 Å². The molecule has 3 rings (SSSR count). The molecule has 0 aliphatic rings.